The molecular weight excluding hydrogens is 176 g/mol. The minimum Gasteiger partial charge on any atom is -0.144 e. The molecule has 13 heavy (non-hydrogen) atoms. The summed E-state index contributed by atoms with van der Waals surface area (Å²) in [7, 11) is 0. The summed E-state index contributed by atoms with van der Waals surface area (Å²) in [5.41, 5.74) is 1.48. The fraction of sp³-hybridized carbons (Fsp3) is 0.500. The Balaban J connectivity index is 2.31. The smallest absolute Gasteiger partial charge is 0.0124 e. The topological polar surface area (TPSA) is 0 Å². The van der Waals surface area contributed by atoms with Crippen molar-refractivity contribution in [2.75, 3.05) is 0 Å². The highest BCUT2D eigenvalue weighted by molar-refractivity contribution is 7.12. The number of aryl methyl sites for hydroxylation is 1. The van der Waals surface area contributed by atoms with Gasteiger partial charge in [-0.25, -0.2) is 0 Å². The summed E-state index contributed by atoms with van der Waals surface area (Å²) in [6.07, 6.45) is 8.31. The quantitative estimate of drug-likeness (QED) is 0.658. The van der Waals surface area contributed by atoms with Gasteiger partial charge in [0.25, 0.3) is 0 Å². The number of rotatable bonds is 2. The van der Waals surface area contributed by atoms with E-state index >= 15 is 0 Å². The SMILES string of the molecule is CCC(C)c1cc2c(s1)CCC=C2. The molecular formula is C12H16S. The summed E-state index contributed by atoms with van der Waals surface area (Å²) < 4.78 is 0. The molecule has 0 aromatic carbocycles. The monoisotopic (exact) mass is 192 g/mol. The average molecular weight is 192 g/mol. The van der Waals surface area contributed by atoms with Gasteiger partial charge in [-0.15, -0.1) is 11.3 Å². The minimum absolute atomic E-state index is 0.740. The summed E-state index contributed by atoms with van der Waals surface area (Å²) >= 11 is 2.02. The van der Waals surface area contributed by atoms with Crippen LogP contribution in [0.2, 0.25) is 0 Å². The molecule has 0 nitrogen and oxygen atoms in total. The summed E-state index contributed by atoms with van der Waals surface area (Å²) in [6.45, 7) is 4.58. The van der Waals surface area contributed by atoms with Crippen LogP contribution >= 0.6 is 11.3 Å². The van der Waals surface area contributed by atoms with Crippen LogP contribution in [0.1, 0.15) is 47.9 Å². The fourth-order valence-corrected chi connectivity index (χ4v) is 2.97. The molecule has 1 heteroatoms. The third-order valence-corrected chi connectivity index (χ3v) is 4.24. The van der Waals surface area contributed by atoms with E-state index in [1.54, 1.807) is 9.75 Å². The van der Waals surface area contributed by atoms with Gasteiger partial charge in [-0.3, -0.25) is 0 Å². The molecule has 1 aromatic rings. The highest BCUT2D eigenvalue weighted by Crippen LogP contribution is 2.33. The van der Waals surface area contributed by atoms with Crippen molar-refractivity contribution in [2.45, 2.75) is 39.0 Å². The maximum Gasteiger partial charge on any atom is 0.0124 e. The summed E-state index contributed by atoms with van der Waals surface area (Å²) in [5, 5.41) is 0. The molecule has 0 N–H and O–H groups in total. The van der Waals surface area contributed by atoms with Crippen molar-refractivity contribution in [3.05, 3.63) is 27.5 Å². The Morgan fingerprint density at radius 2 is 2.38 bits per heavy atom. The van der Waals surface area contributed by atoms with Crippen molar-refractivity contribution in [1.82, 2.24) is 0 Å². The average Bonchev–Trinajstić information content (AvgIpc) is 2.59. The highest BCUT2D eigenvalue weighted by Gasteiger charge is 2.12. The van der Waals surface area contributed by atoms with Crippen molar-refractivity contribution in [3.63, 3.8) is 0 Å². The van der Waals surface area contributed by atoms with Gasteiger partial charge in [-0.1, -0.05) is 26.0 Å². The Morgan fingerprint density at radius 3 is 3.08 bits per heavy atom. The van der Waals surface area contributed by atoms with Crippen molar-refractivity contribution in [1.29, 1.82) is 0 Å². The fourth-order valence-electron chi connectivity index (χ4n) is 1.67. The van der Waals surface area contributed by atoms with Gasteiger partial charge in [0.1, 0.15) is 0 Å². The number of fused-ring (bicyclic) bond motifs is 1. The molecule has 1 atom stereocenters. The third kappa shape index (κ3) is 1.71. The largest absolute Gasteiger partial charge is 0.144 e. The van der Waals surface area contributed by atoms with Crippen LogP contribution in [-0.4, -0.2) is 0 Å². The van der Waals surface area contributed by atoms with Crippen molar-refractivity contribution < 1.29 is 0 Å². The molecule has 0 aliphatic heterocycles. The van der Waals surface area contributed by atoms with Gasteiger partial charge >= 0.3 is 0 Å². The first-order valence-corrected chi connectivity index (χ1v) is 5.92. The predicted molar refractivity (Wildman–Crippen MR) is 60.4 cm³/mol. The van der Waals surface area contributed by atoms with Crippen molar-refractivity contribution >= 4 is 17.4 Å². The molecule has 2 rings (SSSR count). The van der Waals surface area contributed by atoms with Crippen LogP contribution in [0.3, 0.4) is 0 Å². The Kier molecular flexibility index (Phi) is 2.54. The van der Waals surface area contributed by atoms with Crippen LogP contribution in [0.15, 0.2) is 12.1 Å². The lowest BCUT2D eigenvalue weighted by Crippen LogP contribution is -1.85. The standard InChI is InChI=1S/C12H16S/c1-3-9(2)12-8-10-6-4-5-7-11(10)13-12/h4,6,8-9H,3,5,7H2,1-2H3. The number of hydrogen-bond donors (Lipinski definition) is 0. The first kappa shape index (κ1) is 9.01. The Bertz CT molecular complexity index is 320. The van der Waals surface area contributed by atoms with E-state index in [9.17, 15) is 0 Å². The maximum absolute atomic E-state index is 2.38. The number of hydrogen-bond acceptors (Lipinski definition) is 1. The molecule has 0 saturated heterocycles. The van der Waals surface area contributed by atoms with Crippen molar-refractivity contribution in [3.8, 4) is 0 Å². The minimum atomic E-state index is 0.740. The van der Waals surface area contributed by atoms with E-state index in [0.29, 0.717) is 0 Å². The van der Waals surface area contributed by atoms with Gasteiger partial charge in [-0.2, -0.15) is 0 Å². The molecule has 0 spiro atoms. The number of allylic oxidation sites excluding steroid dienone is 1. The van der Waals surface area contributed by atoms with Crippen LogP contribution in [0.4, 0.5) is 0 Å². The van der Waals surface area contributed by atoms with Gasteiger partial charge in [0.15, 0.2) is 0 Å². The van der Waals surface area contributed by atoms with Gasteiger partial charge in [0, 0.05) is 9.75 Å². The zero-order valence-electron chi connectivity index (χ0n) is 8.34. The maximum atomic E-state index is 2.38. The second-order valence-corrected chi connectivity index (χ2v) is 4.95. The van der Waals surface area contributed by atoms with E-state index in [-0.39, 0.29) is 0 Å². The van der Waals surface area contributed by atoms with Crippen LogP contribution in [0.5, 0.6) is 0 Å². The lowest BCUT2D eigenvalue weighted by molar-refractivity contribution is 0.748. The van der Waals surface area contributed by atoms with Crippen LogP contribution < -0.4 is 0 Å². The van der Waals surface area contributed by atoms with Gasteiger partial charge < -0.3 is 0 Å². The highest BCUT2D eigenvalue weighted by atomic mass is 32.1. The Labute approximate surface area is 84.3 Å². The molecule has 1 aliphatic rings. The zero-order chi connectivity index (χ0) is 9.26. The van der Waals surface area contributed by atoms with Crippen LogP contribution in [0.25, 0.3) is 6.08 Å². The number of thiophene rings is 1. The molecule has 0 bridgehead atoms. The lowest BCUT2D eigenvalue weighted by atomic mass is 10.0. The van der Waals surface area contributed by atoms with E-state index in [1.165, 1.54) is 24.8 Å². The summed E-state index contributed by atoms with van der Waals surface area (Å²) in [4.78, 5) is 3.16. The molecule has 70 valence electrons. The second kappa shape index (κ2) is 3.67. The van der Waals surface area contributed by atoms with Crippen LogP contribution in [0, 0.1) is 0 Å². The summed E-state index contributed by atoms with van der Waals surface area (Å²) in [5.74, 6) is 0.740. The van der Waals surface area contributed by atoms with E-state index < -0.39 is 0 Å². The van der Waals surface area contributed by atoms with Gasteiger partial charge in [0.05, 0.1) is 0 Å². The Hall–Kier alpha value is -0.560. The van der Waals surface area contributed by atoms with E-state index in [2.05, 4.69) is 32.1 Å². The molecule has 1 aromatic heterocycles. The predicted octanol–water partition coefficient (Wildman–Crippen LogP) is 4.22. The van der Waals surface area contributed by atoms with E-state index in [4.69, 9.17) is 0 Å². The third-order valence-electron chi connectivity index (χ3n) is 2.79. The lowest BCUT2D eigenvalue weighted by Gasteiger charge is -2.03. The van der Waals surface area contributed by atoms with E-state index in [0.717, 1.165) is 5.92 Å². The summed E-state index contributed by atoms with van der Waals surface area (Å²) in [6, 6.07) is 2.38. The van der Waals surface area contributed by atoms with Crippen molar-refractivity contribution in [2.24, 2.45) is 0 Å². The zero-order valence-corrected chi connectivity index (χ0v) is 9.16. The molecule has 1 unspecified atom stereocenters. The Morgan fingerprint density at radius 1 is 1.54 bits per heavy atom. The molecule has 0 amide bonds. The molecule has 0 saturated carbocycles. The molecule has 1 heterocycles. The molecule has 0 radical (unpaired) electrons. The first-order chi connectivity index (χ1) is 6.31. The van der Waals surface area contributed by atoms with Crippen LogP contribution in [-0.2, 0) is 6.42 Å². The van der Waals surface area contributed by atoms with Gasteiger partial charge in [0.2, 0.25) is 0 Å². The second-order valence-electron chi connectivity index (χ2n) is 3.78. The molecule has 0 fully saturated rings. The van der Waals surface area contributed by atoms with E-state index in [1.807, 2.05) is 11.3 Å². The molecule has 1 aliphatic carbocycles. The first-order valence-electron chi connectivity index (χ1n) is 5.10. The normalized spacial score (nSPS) is 17.1. The van der Waals surface area contributed by atoms with Gasteiger partial charge in [-0.05, 0) is 36.8 Å².